The van der Waals surface area contributed by atoms with Gasteiger partial charge in [0.15, 0.2) is 5.58 Å². The molecule has 0 amide bonds. The number of pyridine rings is 1. The van der Waals surface area contributed by atoms with Gasteiger partial charge < -0.3 is 20.3 Å². The lowest BCUT2D eigenvalue weighted by molar-refractivity contribution is 0.210. The number of nitrogens with two attached hydrogens (primary N) is 1. The number of ether oxygens (including phenoxy) is 1. The highest BCUT2D eigenvalue weighted by molar-refractivity contribution is 5.92. The fourth-order valence-corrected chi connectivity index (χ4v) is 3.42. The normalized spacial score (nSPS) is 12.2. The second-order valence-electron chi connectivity index (χ2n) is 6.86. The summed E-state index contributed by atoms with van der Waals surface area (Å²) in [5.74, 6) is 0.822. The Morgan fingerprint density at radius 2 is 1.86 bits per heavy atom. The van der Waals surface area contributed by atoms with E-state index in [1.54, 1.807) is 7.11 Å². The predicted octanol–water partition coefficient (Wildman–Crippen LogP) is 4.19. The number of benzene rings is 2. The zero-order valence-corrected chi connectivity index (χ0v) is 16.3. The summed E-state index contributed by atoms with van der Waals surface area (Å²) in [6.45, 7) is 1.34. The van der Waals surface area contributed by atoms with Crippen molar-refractivity contribution in [3.05, 3.63) is 78.0 Å². The Morgan fingerprint density at radius 3 is 2.76 bits per heavy atom. The second-order valence-corrected chi connectivity index (χ2v) is 6.86. The minimum Gasteiger partial charge on any atom is -0.383 e. The SMILES string of the molecule is COCCNc1cccc(CC(N)c2ccccc2-c2noc3ccccc23)n1. The third-order valence-corrected chi connectivity index (χ3v) is 4.84. The molecule has 0 bridgehead atoms. The smallest absolute Gasteiger partial charge is 0.167 e. The Labute approximate surface area is 169 Å². The van der Waals surface area contributed by atoms with Crippen LogP contribution in [0.5, 0.6) is 0 Å². The van der Waals surface area contributed by atoms with E-state index in [1.165, 1.54) is 0 Å². The summed E-state index contributed by atoms with van der Waals surface area (Å²) in [7, 11) is 1.68. The molecule has 2 aromatic heterocycles. The molecule has 1 atom stereocenters. The van der Waals surface area contributed by atoms with Crippen molar-refractivity contribution in [1.82, 2.24) is 10.1 Å². The lowest BCUT2D eigenvalue weighted by atomic mass is 9.94. The summed E-state index contributed by atoms with van der Waals surface area (Å²) in [6, 6.07) is 21.6. The van der Waals surface area contributed by atoms with Crippen LogP contribution in [0.15, 0.2) is 71.3 Å². The second kappa shape index (κ2) is 8.86. The van der Waals surface area contributed by atoms with Crippen LogP contribution in [0.4, 0.5) is 5.82 Å². The number of hydrogen-bond donors (Lipinski definition) is 2. The van der Waals surface area contributed by atoms with E-state index >= 15 is 0 Å². The molecule has 2 aromatic carbocycles. The van der Waals surface area contributed by atoms with Gasteiger partial charge in [-0.3, -0.25) is 0 Å². The number of rotatable bonds is 8. The Balaban J connectivity index is 1.59. The summed E-state index contributed by atoms with van der Waals surface area (Å²) in [4.78, 5) is 4.67. The molecule has 4 rings (SSSR count). The first kappa shape index (κ1) is 19.1. The summed E-state index contributed by atoms with van der Waals surface area (Å²) in [6.07, 6.45) is 0.618. The summed E-state index contributed by atoms with van der Waals surface area (Å²) in [5, 5.41) is 8.54. The third-order valence-electron chi connectivity index (χ3n) is 4.84. The Bertz CT molecular complexity index is 1090. The molecule has 0 aliphatic rings. The van der Waals surface area contributed by atoms with Crippen LogP contribution in [0.3, 0.4) is 0 Å². The molecule has 4 aromatic rings. The van der Waals surface area contributed by atoms with Crippen LogP contribution in [0.1, 0.15) is 17.3 Å². The fourth-order valence-electron chi connectivity index (χ4n) is 3.42. The summed E-state index contributed by atoms with van der Waals surface area (Å²) in [5.41, 5.74) is 11.1. The average molecular weight is 388 g/mol. The summed E-state index contributed by atoms with van der Waals surface area (Å²) >= 11 is 0. The van der Waals surface area contributed by atoms with Gasteiger partial charge in [-0.2, -0.15) is 0 Å². The summed E-state index contributed by atoms with van der Waals surface area (Å²) < 4.78 is 10.6. The highest BCUT2D eigenvalue weighted by atomic mass is 16.5. The van der Waals surface area contributed by atoms with Gasteiger partial charge >= 0.3 is 0 Å². The van der Waals surface area contributed by atoms with E-state index in [-0.39, 0.29) is 6.04 Å². The molecule has 0 aliphatic heterocycles. The molecule has 0 aliphatic carbocycles. The number of fused-ring (bicyclic) bond motifs is 1. The Kier molecular flexibility index (Phi) is 5.84. The van der Waals surface area contributed by atoms with Crippen LogP contribution < -0.4 is 11.1 Å². The van der Waals surface area contributed by atoms with Crippen LogP contribution in [0.25, 0.3) is 22.2 Å². The largest absolute Gasteiger partial charge is 0.383 e. The van der Waals surface area contributed by atoms with Crippen LogP contribution in [-0.2, 0) is 11.2 Å². The minimum atomic E-state index is -0.219. The van der Waals surface area contributed by atoms with Gasteiger partial charge in [0.05, 0.1) is 6.61 Å². The van der Waals surface area contributed by atoms with Crippen LogP contribution in [0, 0.1) is 0 Å². The Morgan fingerprint density at radius 1 is 1.03 bits per heavy atom. The van der Waals surface area contributed by atoms with E-state index in [0.29, 0.717) is 19.6 Å². The van der Waals surface area contributed by atoms with E-state index in [0.717, 1.165) is 39.3 Å². The maximum absolute atomic E-state index is 6.61. The molecule has 2 heterocycles. The highest BCUT2D eigenvalue weighted by Gasteiger charge is 2.18. The van der Waals surface area contributed by atoms with Crippen LogP contribution in [0.2, 0.25) is 0 Å². The number of anilines is 1. The van der Waals surface area contributed by atoms with Gasteiger partial charge in [-0.25, -0.2) is 4.98 Å². The minimum absolute atomic E-state index is 0.219. The van der Waals surface area contributed by atoms with Crippen LogP contribution in [-0.4, -0.2) is 30.4 Å². The molecule has 0 saturated heterocycles. The van der Waals surface area contributed by atoms with Crippen molar-refractivity contribution in [2.45, 2.75) is 12.5 Å². The number of para-hydroxylation sites is 1. The molecule has 3 N–H and O–H groups in total. The van der Waals surface area contributed by atoms with Crippen molar-refractivity contribution < 1.29 is 9.26 Å². The molecular formula is C23H24N4O2. The zero-order chi connectivity index (χ0) is 20.1. The zero-order valence-electron chi connectivity index (χ0n) is 16.3. The van der Waals surface area contributed by atoms with Gasteiger partial charge in [0.25, 0.3) is 0 Å². The van der Waals surface area contributed by atoms with Gasteiger partial charge in [-0.05, 0) is 29.8 Å². The molecular weight excluding hydrogens is 364 g/mol. The average Bonchev–Trinajstić information content (AvgIpc) is 3.18. The molecule has 6 nitrogen and oxygen atoms in total. The highest BCUT2D eigenvalue weighted by Crippen LogP contribution is 2.33. The number of nitrogens with zero attached hydrogens (tertiary/aromatic N) is 2. The topological polar surface area (TPSA) is 86.2 Å². The van der Waals surface area contributed by atoms with E-state index in [2.05, 4.69) is 15.5 Å². The lowest BCUT2D eigenvalue weighted by Crippen LogP contribution is -2.16. The standard InChI is InChI=1S/C23H24N4O2/c1-28-14-13-25-22-12-6-7-16(26-22)15-20(24)17-8-2-3-9-18(17)23-19-10-4-5-11-21(19)29-27-23/h2-12,20H,13-15,24H2,1H3,(H,25,26). The van der Waals surface area contributed by atoms with Gasteiger partial charge in [0.1, 0.15) is 11.5 Å². The Hall–Kier alpha value is -3.22. The first-order valence-electron chi connectivity index (χ1n) is 9.64. The molecule has 6 heteroatoms. The van der Waals surface area contributed by atoms with E-state index < -0.39 is 0 Å². The van der Waals surface area contributed by atoms with Gasteiger partial charge in [0.2, 0.25) is 0 Å². The predicted molar refractivity (Wildman–Crippen MR) is 115 cm³/mol. The van der Waals surface area contributed by atoms with E-state index in [4.69, 9.17) is 15.0 Å². The van der Waals surface area contributed by atoms with Gasteiger partial charge in [-0.15, -0.1) is 0 Å². The first-order valence-corrected chi connectivity index (χ1v) is 9.64. The van der Waals surface area contributed by atoms with Crippen molar-refractivity contribution in [3.63, 3.8) is 0 Å². The van der Waals surface area contributed by atoms with Crippen molar-refractivity contribution >= 4 is 16.8 Å². The van der Waals surface area contributed by atoms with Crippen LogP contribution >= 0.6 is 0 Å². The molecule has 0 fully saturated rings. The van der Waals surface area contributed by atoms with Crippen molar-refractivity contribution in [1.29, 1.82) is 0 Å². The number of aromatic nitrogens is 2. The van der Waals surface area contributed by atoms with Gasteiger partial charge in [0, 0.05) is 42.8 Å². The molecule has 1 unspecified atom stereocenters. The van der Waals surface area contributed by atoms with E-state index in [1.807, 2.05) is 66.7 Å². The van der Waals surface area contributed by atoms with Crippen molar-refractivity contribution in [3.8, 4) is 11.3 Å². The molecule has 29 heavy (non-hydrogen) atoms. The quantitative estimate of drug-likeness (QED) is 0.440. The lowest BCUT2D eigenvalue weighted by Gasteiger charge is -2.16. The number of nitrogens with one attached hydrogen (secondary N) is 1. The van der Waals surface area contributed by atoms with E-state index in [9.17, 15) is 0 Å². The van der Waals surface area contributed by atoms with Crippen molar-refractivity contribution in [2.75, 3.05) is 25.6 Å². The fraction of sp³-hybridized carbons (Fsp3) is 0.217. The number of hydrogen-bond acceptors (Lipinski definition) is 6. The molecule has 0 spiro atoms. The molecule has 148 valence electrons. The maximum atomic E-state index is 6.61. The monoisotopic (exact) mass is 388 g/mol. The number of methoxy groups -OCH3 is 1. The van der Waals surface area contributed by atoms with Gasteiger partial charge in [-0.1, -0.05) is 47.6 Å². The molecule has 0 radical (unpaired) electrons. The maximum Gasteiger partial charge on any atom is 0.167 e. The van der Waals surface area contributed by atoms with Crippen molar-refractivity contribution in [2.24, 2.45) is 5.73 Å². The first-order chi connectivity index (χ1) is 14.3. The third kappa shape index (κ3) is 4.29. The molecule has 0 saturated carbocycles.